The van der Waals surface area contributed by atoms with Crippen LogP contribution in [0.4, 0.5) is 0 Å². The summed E-state index contributed by atoms with van der Waals surface area (Å²) in [4.78, 5) is 81.1. The molecule has 1 aliphatic heterocycles. The van der Waals surface area contributed by atoms with Gasteiger partial charge in [-0.3, -0.25) is 28.8 Å². The van der Waals surface area contributed by atoms with Crippen LogP contribution in [0.25, 0.3) is 0 Å². The first kappa shape index (κ1) is 39.0. The summed E-state index contributed by atoms with van der Waals surface area (Å²) in [5.74, 6) is -5.01. The fourth-order valence-corrected chi connectivity index (χ4v) is 5.49. The van der Waals surface area contributed by atoms with Crippen molar-refractivity contribution in [1.82, 2.24) is 31.9 Å². The van der Waals surface area contributed by atoms with Crippen molar-refractivity contribution in [1.29, 1.82) is 0 Å². The van der Waals surface area contributed by atoms with Crippen molar-refractivity contribution >= 4 is 60.7 Å². The number of hydrogen-bond acceptors (Lipinski definition) is 10. The van der Waals surface area contributed by atoms with E-state index in [9.17, 15) is 39.0 Å². The van der Waals surface area contributed by atoms with E-state index in [1.54, 1.807) is 31.2 Å². The largest absolute Gasteiger partial charge is 0.508 e. The lowest BCUT2D eigenvalue weighted by Gasteiger charge is -2.30. The smallest absolute Gasteiger partial charge is 0.244 e. The lowest BCUT2D eigenvalue weighted by molar-refractivity contribution is -0.136. The molecule has 14 nitrogen and oxygen atoms in total. The lowest BCUT2D eigenvalue weighted by atomic mass is 9.96. The van der Waals surface area contributed by atoms with Crippen molar-refractivity contribution in [2.45, 2.75) is 76.3 Å². The van der Waals surface area contributed by atoms with Crippen LogP contribution < -0.4 is 31.9 Å². The molecule has 1 aliphatic rings. The second kappa shape index (κ2) is 18.4. The summed E-state index contributed by atoms with van der Waals surface area (Å²) < 4.78 is 0. The number of phenols is 2. The van der Waals surface area contributed by atoms with E-state index in [1.165, 1.54) is 31.2 Å². The minimum absolute atomic E-state index is 0.00450. The van der Waals surface area contributed by atoms with Crippen LogP contribution in [0.15, 0.2) is 48.5 Å². The Hall–Kier alpha value is -4.44. The second-order valence-corrected chi connectivity index (χ2v) is 12.7. The molecule has 2 aromatic rings. The van der Waals surface area contributed by atoms with Crippen molar-refractivity contribution in [2.24, 2.45) is 5.92 Å². The van der Waals surface area contributed by atoms with Crippen molar-refractivity contribution in [3.8, 4) is 11.5 Å². The molecule has 2 aromatic carbocycles. The van der Waals surface area contributed by atoms with Crippen LogP contribution in [-0.4, -0.2) is 93.4 Å². The molecule has 0 unspecified atom stereocenters. The zero-order valence-corrected chi connectivity index (χ0v) is 29.2. The van der Waals surface area contributed by atoms with Gasteiger partial charge in [-0.25, -0.2) is 0 Å². The highest BCUT2D eigenvalue weighted by atomic mass is 32.1. The first-order chi connectivity index (χ1) is 23.3. The number of carbonyl (C=O) groups excluding carboxylic acids is 6. The van der Waals surface area contributed by atoms with Gasteiger partial charge in [-0.15, -0.1) is 0 Å². The number of amides is 6. The van der Waals surface area contributed by atoms with Gasteiger partial charge in [-0.2, -0.15) is 25.3 Å². The topological polar surface area (TPSA) is 215 Å². The lowest BCUT2D eigenvalue weighted by Crippen LogP contribution is -2.62. The van der Waals surface area contributed by atoms with E-state index in [0.717, 1.165) is 0 Å². The fourth-order valence-electron chi connectivity index (χ4n) is 4.98. The quantitative estimate of drug-likeness (QED) is 0.164. The predicted molar refractivity (Wildman–Crippen MR) is 188 cm³/mol. The molecule has 1 fully saturated rings. The average molecular weight is 717 g/mol. The van der Waals surface area contributed by atoms with Crippen molar-refractivity contribution in [3.05, 3.63) is 59.7 Å². The number of rotatable bonds is 8. The Bertz CT molecular complexity index is 1490. The summed E-state index contributed by atoms with van der Waals surface area (Å²) in [5, 5.41) is 35.3. The van der Waals surface area contributed by atoms with Gasteiger partial charge in [0.1, 0.15) is 47.8 Å². The second-order valence-electron chi connectivity index (χ2n) is 12.0. The van der Waals surface area contributed by atoms with E-state index in [4.69, 9.17) is 0 Å². The highest BCUT2D eigenvalue weighted by molar-refractivity contribution is 7.80. The molecule has 16 heteroatoms. The maximum atomic E-state index is 14.0. The molecule has 3 rings (SSSR count). The molecule has 266 valence electrons. The van der Waals surface area contributed by atoms with E-state index in [2.05, 4.69) is 57.2 Å². The zero-order valence-electron chi connectivity index (χ0n) is 27.4. The minimum Gasteiger partial charge on any atom is -0.508 e. The molecule has 6 amide bonds. The Kier molecular flexibility index (Phi) is 14.6. The van der Waals surface area contributed by atoms with E-state index in [0.29, 0.717) is 17.5 Å². The van der Waals surface area contributed by atoms with Crippen LogP contribution in [0.5, 0.6) is 11.5 Å². The number of phenolic OH excluding ortho intramolecular Hbond substituents is 2. The van der Waals surface area contributed by atoms with E-state index in [-0.39, 0.29) is 35.8 Å². The van der Waals surface area contributed by atoms with Crippen molar-refractivity contribution < 1.29 is 39.0 Å². The van der Waals surface area contributed by atoms with Gasteiger partial charge in [-0.05, 0) is 48.2 Å². The Balaban J connectivity index is 2.08. The van der Waals surface area contributed by atoms with Gasteiger partial charge in [0.2, 0.25) is 35.4 Å². The molecule has 0 bridgehead atoms. The molecule has 8 N–H and O–H groups in total. The van der Waals surface area contributed by atoms with Gasteiger partial charge in [0.25, 0.3) is 0 Å². The van der Waals surface area contributed by atoms with Crippen LogP contribution in [0.2, 0.25) is 0 Å². The fraction of sp³-hybridized carbons (Fsp3) is 0.455. The van der Waals surface area contributed by atoms with Crippen molar-refractivity contribution in [2.75, 3.05) is 11.5 Å². The van der Waals surface area contributed by atoms with Crippen LogP contribution in [0.3, 0.4) is 0 Å². The monoisotopic (exact) mass is 716 g/mol. The first-order valence-corrected chi connectivity index (χ1v) is 17.1. The average Bonchev–Trinajstić information content (AvgIpc) is 3.08. The summed E-state index contributed by atoms with van der Waals surface area (Å²) >= 11 is 8.40. The van der Waals surface area contributed by atoms with Crippen LogP contribution in [0.1, 0.15) is 38.3 Å². The Labute approximate surface area is 295 Å². The van der Waals surface area contributed by atoms with E-state index >= 15 is 0 Å². The maximum absolute atomic E-state index is 14.0. The van der Waals surface area contributed by atoms with E-state index in [1.807, 2.05) is 6.92 Å². The summed E-state index contributed by atoms with van der Waals surface area (Å²) in [5.41, 5.74) is 1.14. The minimum atomic E-state index is -1.27. The third-order valence-corrected chi connectivity index (χ3v) is 8.92. The number of benzene rings is 2. The third-order valence-electron chi connectivity index (χ3n) is 8.19. The molecule has 0 radical (unpaired) electrons. The summed E-state index contributed by atoms with van der Waals surface area (Å²) in [6.07, 6.45) is 0.352. The van der Waals surface area contributed by atoms with Gasteiger partial charge >= 0.3 is 0 Å². The van der Waals surface area contributed by atoms with E-state index < -0.39 is 77.6 Å². The van der Waals surface area contributed by atoms with Gasteiger partial charge in [0.15, 0.2) is 0 Å². The summed E-state index contributed by atoms with van der Waals surface area (Å²) in [6, 6.07) is 4.77. The number of thiol groups is 2. The highest BCUT2D eigenvalue weighted by Gasteiger charge is 2.35. The Morgan fingerprint density at radius 2 is 0.939 bits per heavy atom. The molecule has 0 aromatic heterocycles. The predicted octanol–water partition coefficient (Wildman–Crippen LogP) is -0.269. The zero-order chi connectivity index (χ0) is 36.2. The Morgan fingerprint density at radius 3 is 1.37 bits per heavy atom. The van der Waals surface area contributed by atoms with Gasteiger partial charge in [0, 0.05) is 24.3 Å². The van der Waals surface area contributed by atoms with Crippen LogP contribution in [-0.2, 0) is 41.6 Å². The molecule has 49 heavy (non-hydrogen) atoms. The van der Waals surface area contributed by atoms with Crippen LogP contribution >= 0.6 is 25.3 Å². The number of nitrogens with one attached hydrogen (secondary N) is 6. The first-order valence-electron chi connectivity index (χ1n) is 15.9. The molecular weight excluding hydrogens is 673 g/mol. The SMILES string of the molecule is CC[C@@H](C)[C@@H]1NC(=O)[C@H](CS)NC(=O)[C@H](C)NC(=O)[C@H](CS)NC(=O)[C@H](Cc2ccc(O)cc2)NC(=O)[C@H](Cc2ccc(O)cc2)NC1=O. The summed E-state index contributed by atoms with van der Waals surface area (Å²) in [7, 11) is 0. The third kappa shape index (κ3) is 11.3. The summed E-state index contributed by atoms with van der Waals surface area (Å²) in [6.45, 7) is 4.96. The molecule has 0 aliphatic carbocycles. The molecular formula is C33H44N6O8S2. The van der Waals surface area contributed by atoms with Gasteiger partial charge in [0.05, 0.1) is 0 Å². The molecule has 1 saturated heterocycles. The molecule has 0 spiro atoms. The standard InChI is InChI=1S/C33H44N6O8S2/c1-4-17(2)27-33(47)36-24(14-20-7-11-22(41)12-8-20)29(43)35-23(13-19-5-9-21(40)10-6-19)30(44)38-25(15-48)31(45)34-18(3)28(42)37-26(16-49)32(46)39-27/h5-12,17-18,23-27,40-41,48-49H,4,13-16H2,1-3H3,(H,34,45)(H,35,43)(H,36,47)(H,37,42)(H,38,44)(H,39,46)/t17-,18+,23+,24+,25+,26+,27+/m1/s1. The Morgan fingerprint density at radius 1 is 0.571 bits per heavy atom. The molecule has 1 heterocycles. The molecule has 7 atom stereocenters. The normalized spacial score (nSPS) is 25.3. The number of hydrogen-bond donors (Lipinski definition) is 10. The highest BCUT2D eigenvalue weighted by Crippen LogP contribution is 2.15. The number of carbonyl (C=O) groups is 6. The van der Waals surface area contributed by atoms with Crippen molar-refractivity contribution in [3.63, 3.8) is 0 Å². The molecule has 0 saturated carbocycles. The van der Waals surface area contributed by atoms with Gasteiger partial charge < -0.3 is 42.1 Å². The number of aromatic hydroxyl groups is 2. The maximum Gasteiger partial charge on any atom is 0.244 e. The van der Waals surface area contributed by atoms with Gasteiger partial charge in [-0.1, -0.05) is 44.5 Å². The van der Waals surface area contributed by atoms with Crippen LogP contribution in [0, 0.1) is 5.92 Å².